The molecule has 1 aromatic carbocycles. The highest BCUT2D eigenvalue weighted by atomic mass is 19.3. The molecule has 0 saturated carbocycles. The minimum atomic E-state index is -3.08. The maximum Gasteiger partial charge on any atom is 0.387 e. The molecule has 1 aromatic rings. The summed E-state index contributed by atoms with van der Waals surface area (Å²) in [4.78, 5) is 10.5. The van der Waals surface area contributed by atoms with Gasteiger partial charge in [0.05, 0.1) is 0 Å². The number of carbonyl (C=O) groups is 1. The molecular weight excluding hydrogens is 263 g/mol. The number of benzene rings is 1. The summed E-state index contributed by atoms with van der Waals surface area (Å²) < 4.78 is 42.5. The molecule has 0 fully saturated rings. The second kappa shape index (κ2) is 6.98. The number of rotatable bonds is 7. The van der Waals surface area contributed by atoms with Crippen LogP contribution in [0.15, 0.2) is 18.2 Å². The predicted molar refractivity (Wildman–Crippen MR) is 61.7 cm³/mol. The van der Waals surface area contributed by atoms with Crippen molar-refractivity contribution in [3.05, 3.63) is 29.6 Å². The summed E-state index contributed by atoms with van der Waals surface area (Å²) in [5.41, 5.74) is 5.35. The molecule has 0 aromatic heterocycles. The molecule has 19 heavy (non-hydrogen) atoms. The minimum Gasteiger partial charge on any atom is -0.481 e. The van der Waals surface area contributed by atoms with Crippen LogP contribution in [0.5, 0.6) is 5.75 Å². The Morgan fingerprint density at radius 2 is 2.11 bits per heavy atom. The smallest absolute Gasteiger partial charge is 0.387 e. The number of carboxylic acid groups (broad SMARTS) is 1. The van der Waals surface area contributed by atoms with Crippen molar-refractivity contribution in [1.29, 1.82) is 0 Å². The van der Waals surface area contributed by atoms with Crippen molar-refractivity contribution >= 4 is 5.97 Å². The molecule has 4 nitrogen and oxygen atoms in total. The predicted octanol–water partition coefficient (Wildman–Crippen LogP) is 2.33. The molecule has 0 amide bonds. The molecule has 7 heteroatoms. The SMILES string of the molecule is NCC(CCC(=O)O)c1c(F)cccc1OC(F)F. The molecular formula is C12H14F3NO3. The number of carboxylic acids is 1. The molecule has 3 N–H and O–H groups in total. The van der Waals surface area contributed by atoms with E-state index in [1.807, 2.05) is 0 Å². The van der Waals surface area contributed by atoms with Crippen molar-refractivity contribution in [3.63, 3.8) is 0 Å². The number of hydrogen-bond donors (Lipinski definition) is 2. The van der Waals surface area contributed by atoms with E-state index in [1.165, 1.54) is 12.1 Å². The van der Waals surface area contributed by atoms with Gasteiger partial charge in [-0.25, -0.2) is 4.39 Å². The molecule has 0 bridgehead atoms. The van der Waals surface area contributed by atoms with Gasteiger partial charge in [-0.05, 0) is 25.1 Å². The lowest BCUT2D eigenvalue weighted by atomic mass is 9.93. The molecule has 0 saturated heterocycles. The first-order valence-corrected chi connectivity index (χ1v) is 5.60. The van der Waals surface area contributed by atoms with Gasteiger partial charge in [-0.15, -0.1) is 0 Å². The van der Waals surface area contributed by atoms with E-state index >= 15 is 0 Å². The lowest BCUT2D eigenvalue weighted by molar-refractivity contribution is -0.137. The Bertz CT molecular complexity index is 440. The van der Waals surface area contributed by atoms with Gasteiger partial charge in [0, 0.05) is 17.9 Å². The summed E-state index contributed by atoms with van der Waals surface area (Å²) in [6.07, 6.45) is -0.184. The Hall–Kier alpha value is -1.76. The first kappa shape index (κ1) is 15.3. The van der Waals surface area contributed by atoms with Crippen LogP contribution in [-0.2, 0) is 4.79 Å². The lowest BCUT2D eigenvalue weighted by Gasteiger charge is -2.19. The average molecular weight is 277 g/mol. The summed E-state index contributed by atoms with van der Waals surface area (Å²) in [6.45, 7) is -3.15. The normalized spacial score (nSPS) is 12.5. The number of hydrogen-bond acceptors (Lipinski definition) is 3. The highest BCUT2D eigenvalue weighted by Gasteiger charge is 2.22. The molecule has 0 spiro atoms. The van der Waals surface area contributed by atoms with Crippen LogP contribution in [0, 0.1) is 5.82 Å². The Morgan fingerprint density at radius 3 is 2.63 bits per heavy atom. The largest absolute Gasteiger partial charge is 0.481 e. The molecule has 0 aliphatic heterocycles. The third-order valence-electron chi connectivity index (χ3n) is 2.63. The fraction of sp³-hybridized carbons (Fsp3) is 0.417. The Morgan fingerprint density at radius 1 is 1.42 bits per heavy atom. The van der Waals surface area contributed by atoms with Crippen LogP contribution < -0.4 is 10.5 Å². The first-order chi connectivity index (χ1) is 8.95. The highest BCUT2D eigenvalue weighted by Crippen LogP contribution is 2.32. The first-order valence-electron chi connectivity index (χ1n) is 5.60. The molecule has 0 radical (unpaired) electrons. The van der Waals surface area contributed by atoms with E-state index in [-0.39, 0.29) is 30.7 Å². The number of alkyl halides is 2. The van der Waals surface area contributed by atoms with Crippen LogP contribution in [0.1, 0.15) is 24.3 Å². The van der Waals surface area contributed by atoms with Gasteiger partial charge < -0.3 is 15.6 Å². The second-order valence-corrected chi connectivity index (χ2v) is 3.90. The van der Waals surface area contributed by atoms with Crippen LogP contribution in [0.3, 0.4) is 0 Å². The fourth-order valence-corrected chi connectivity index (χ4v) is 1.79. The summed E-state index contributed by atoms with van der Waals surface area (Å²) >= 11 is 0. The summed E-state index contributed by atoms with van der Waals surface area (Å²) in [6, 6.07) is 3.53. The number of nitrogens with two attached hydrogens (primary N) is 1. The van der Waals surface area contributed by atoms with Gasteiger partial charge in [-0.1, -0.05) is 6.07 Å². The lowest BCUT2D eigenvalue weighted by Crippen LogP contribution is -2.17. The highest BCUT2D eigenvalue weighted by molar-refractivity contribution is 5.66. The Balaban J connectivity index is 3.03. The van der Waals surface area contributed by atoms with Crippen molar-refractivity contribution in [2.45, 2.75) is 25.4 Å². The van der Waals surface area contributed by atoms with Crippen molar-refractivity contribution in [2.75, 3.05) is 6.54 Å². The zero-order valence-electron chi connectivity index (χ0n) is 9.98. The van der Waals surface area contributed by atoms with Gasteiger partial charge in [0.25, 0.3) is 0 Å². The zero-order chi connectivity index (χ0) is 14.4. The maximum absolute atomic E-state index is 13.7. The van der Waals surface area contributed by atoms with E-state index in [1.54, 1.807) is 0 Å². The van der Waals surface area contributed by atoms with Gasteiger partial charge in [0.15, 0.2) is 0 Å². The van der Waals surface area contributed by atoms with Gasteiger partial charge in [0.1, 0.15) is 11.6 Å². The molecule has 0 heterocycles. The van der Waals surface area contributed by atoms with E-state index < -0.39 is 24.3 Å². The van der Waals surface area contributed by atoms with E-state index in [0.29, 0.717) is 0 Å². The van der Waals surface area contributed by atoms with Crippen LogP contribution >= 0.6 is 0 Å². The molecule has 1 unspecified atom stereocenters. The van der Waals surface area contributed by atoms with Gasteiger partial charge >= 0.3 is 12.6 Å². The van der Waals surface area contributed by atoms with Gasteiger partial charge in [-0.3, -0.25) is 4.79 Å². The van der Waals surface area contributed by atoms with E-state index in [0.717, 1.165) is 6.07 Å². The molecule has 0 aliphatic carbocycles. The van der Waals surface area contributed by atoms with Crippen molar-refractivity contribution in [3.8, 4) is 5.75 Å². The van der Waals surface area contributed by atoms with Crippen LogP contribution in [-0.4, -0.2) is 24.2 Å². The fourth-order valence-electron chi connectivity index (χ4n) is 1.79. The summed E-state index contributed by atoms with van der Waals surface area (Å²) in [5.74, 6) is -2.80. The van der Waals surface area contributed by atoms with E-state index in [2.05, 4.69) is 4.74 Å². The van der Waals surface area contributed by atoms with E-state index in [9.17, 15) is 18.0 Å². The van der Waals surface area contributed by atoms with Gasteiger partial charge in [-0.2, -0.15) is 8.78 Å². The third-order valence-corrected chi connectivity index (χ3v) is 2.63. The number of halogens is 3. The van der Waals surface area contributed by atoms with Crippen LogP contribution in [0.2, 0.25) is 0 Å². The molecule has 1 rings (SSSR count). The third kappa shape index (κ3) is 4.44. The van der Waals surface area contributed by atoms with Crippen molar-refractivity contribution in [1.82, 2.24) is 0 Å². The molecule has 1 atom stereocenters. The molecule has 106 valence electrons. The average Bonchev–Trinajstić information content (AvgIpc) is 2.31. The number of aliphatic carboxylic acids is 1. The zero-order valence-corrected chi connectivity index (χ0v) is 9.98. The Kier molecular flexibility index (Phi) is 5.62. The van der Waals surface area contributed by atoms with Crippen molar-refractivity contribution in [2.24, 2.45) is 5.73 Å². The van der Waals surface area contributed by atoms with Gasteiger partial charge in [0.2, 0.25) is 0 Å². The topological polar surface area (TPSA) is 72.6 Å². The van der Waals surface area contributed by atoms with Crippen molar-refractivity contribution < 1.29 is 27.8 Å². The summed E-state index contributed by atoms with van der Waals surface area (Å²) in [5, 5.41) is 8.60. The second-order valence-electron chi connectivity index (χ2n) is 3.90. The quantitative estimate of drug-likeness (QED) is 0.802. The monoisotopic (exact) mass is 277 g/mol. The Labute approximate surface area is 108 Å². The van der Waals surface area contributed by atoms with E-state index in [4.69, 9.17) is 10.8 Å². The standard InChI is InChI=1S/C12H14F3NO3/c13-8-2-1-3-9(19-12(14)15)11(8)7(6-16)4-5-10(17)18/h1-3,7,12H,4-6,16H2,(H,17,18). The minimum absolute atomic E-state index is 0.0480. The van der Waals surface area contributed by atoms with Crippen LogP contribution in [0.25, 0.3) is 0 Å². The maximum atomic E-state index is 13.7. The van der Waals surface area contributed by atoms with Crippen LogP contribution in [0.4, 0.5) is 13.2 Å². The number of ether oxygens (including phenoxy) is 1. The molecule has 0 aliphatic rings. The summed E-state index contributed by atoms with van der Waals surface area (Å²) in [7, 11) is 0.